The van der Waals surface area contributed by atoms with Crippen LogP contribution in [0.1, 0.15) is 16.7 Å². The molecule has 0 spiro atoms. The topological polar surface area (TPSA) is 80.3 Å². The Morgan fingerprint density at radius 1 is 0.500 bits per heavy atom. The smallest absolute Gasteiger partial charge is 0.206 e. The summed E-state index contributed by atoms with van der Waals surface area (Å²) in [5.74, 6) is -15.5. The van der Waals surface area contributed by atoms with Gasteiger partial charge in [0, 0.05) is 0 Å². The minimum atomic E-state index is -6.94. The van der Waals surface area contributed by atoms with Gasteiger partial charge in [0.15, 0.2) is 28.2 Å². The molecule has 2 rings (SSSR count). The predicted octanol–water partition coefficient (Wildman–Crippen LogP) is 5.11. The van der Waals surface area contributed by atoms with Gasteiger partial charge in [-0.1, -0.05) is 0 Å². The molecule has 1 N–H and O–H groups in total. The second-order valence-electron chi connectivity index (χ2n) is 6.38. The number of rotatable bonds is 4. The van der Waals surface area contributed by atoms with Gasteiger partial charge in [-0.3, -0.25) is 0 Å². The lowest BCUT2D eigenvalue weighted by Crippen LogP contribution is -2.35. The Bertz CT molecular complexity index is 1380. The zero-order valence-corrected chi connectivity index (χ0v) is 17.5. The third kappa shape index (κ3) is 5.36. The number of sulfonamides is 2. The van der Waals surface area contributed by atoms with E-state index >= 15 is 0 Å². The van der Waals surface area contributed by atoms with Crippen LogP contribution in [0, 0.1) is 29.1 Å². The van der Waals surface area contributed by atoms with Crippen molar-refractivity contribution in [1.82, 2.24) is 4.13 Å². The molecule has 0 radical (unpaired) electrons. The first-order valence-electron chi connectivity index (χ1n) is 8.03. The van der Waals surface area contributed by atoms with E-state index in [0.29, 0.717) is 0 Å². The van der Waals surface area contributed by atoms with Crippen molar-refractivity contribution in [2.24, 2.45) is 0 Å². The fourth-order valence-corrected chi connectivity index (χ4v) is 5.95. The van der Waals surface area contributed by atoms with Crippen LogP contribution >= 0.6 is 0 Å². The van der Waals surface area contributed by atoms with Gasteiger partial charge in [-0.15, -0.1) is 4.13 Å². The van der Waals surface area contributed by atoms with E-state index in [9.17, 15) is 78.3 Å². The number of alkyl halides is 9. The molecule has 0 aliphatic heterocycles. The molecule has 0 bridgehead atoms. The van der Waals surface area contributed by atoms with E-state index in [1.54, 1.807) is 0 Å². The minimum absolute atomic E-state index is 0.0686. The zero-order chi connectivity index (χ0) is 28.4. The molecule has 0 heterocycles. The maximum absolute atomic E-state index is 13.8. The van der Waals surface area contributed by atoms with E-state index in [1.807, 2.05) is 0 Å². The molecule has 0 aliphatic rings. The summed E-state index contributed by atoms with van der Waals surface area (Å²) < 4.78 is 234. The van der Waals surface area contributed by atoms with E-state index in [2.05, 4.69) is 0 Å². The molecule has 21 heteroatoms. The standard InChI is InChI=1S/C15H3F14NO4S2/c16-6-7(17)9(19)12(10(20)8(6)18)36(33,34)30-35(31,32)11-4(14(24,25)26)1-3(13(21,22)23)2-5(11)15(27,28)29/h1-2,30H. The van der Waals surface area contributed by atoms with Crippen molar-refractivity contribution in [3.63, 3.8) is 0 Å². The van der Waals surface area contributed by atoms with Gasteiger partial charge in [0.05, 0.1) is 16.7 Å². The molecule has 0 saturated heterocycles. The maximum Gasteiger partial charge on any atom is 0.417 e. The lowest BCUT2D eigenvalue weighted by atomic mass is 10.0. The van der Waals surface area contributed by atoms with E-state index in [4.69, 9.17) is 0 Å². The van der Waals surface area contributed by atoms with Gasteiger partial charge in [-0.2, -0.15) is 39.5 Å². The van der Waals surface area contributed by atoms with Gasteiger partial charge in [0.25, 0.3) is 20.0 Å². The van der Waals surface area contributed by atoms with Crippen LogP contribution in [0.4, 0.5) is 61.5 Å². The highest BCUT2D eigenvalue weighted by Crippen LogP contribution is 2.45. The fourth-order valence-electron chi connectivity index (χ4n) is 2.55. The summed E-state index contributed by atoms with van der Waals surface area (Å²) in [6, 6.07) is -2.29. The summed E-state index contributed by atoms with van der Waals surface area (Å²) in [5.41, 5.74) is -9.15. The van der Waals surface area contributed by atoms with Crippen molar-refractivity contribution in [1.29, 1.82) is 0 Å². The average Bonchev–Trinajstić information content (AvgIpc) is 2.66. The molecule has 2 aromatic rings. The van der Waals surface area contributed by atoms with E-state index in [-0.39, 0.29) is 4.13 Å². The van der Waals surface area contributed by atoms with Crippen LogP contribution in [-0.2, 0) is 38.6 Å². The number of hydrogen-bond donors (Lipinski definition) is 1. The highest BCUT2D eigenvalue weighted by Gasteiger charge is 2.49. The number of nitrogens with one attached hydrogen (secondary N) is 1. The van der Waals surface area contributed by atoms with Crippen LogP contribution < -0.4 is 4.13 Å². The summed E-state index contributed by atoms with van der Waals surface area (Å²) in [6.45, 7) is 0. The summed E-state index contributed by atoms with van der Waals surface area (Å²) in [4.78, 5) is -6.24. The van der Waals surface area contributed by atoms with Gasteiger partial charge < -0.3 is 0 Å². The third-order valence-electron chi connectivity index (χ3n) is 3.95. The molecule has 0 saturated carbocycles. The molecule has 0 fully saturated rings. The summed E-state index contributed by atoms with van der Waals surface area (Å²) in [6.07, 6.45) is -18.7. The van der Waals surface area contributed by atoms with Crippen molar-refractivity contribution in [3.8, 4) is 0 Å². The lowest BCUT2D eigenvalue weighted by Gasteiger charge is -2.21. The Morgan fingerprint density at radius 3 is 1.11 bits per heavy atom. The minimum Gasteiger partial charge on any atom is -0.206 e. The monoisotopic (exact) mass is 591 g/mol. The first kappa shape index (κ1) is 29.5. The summed E-state index contributed by atoms with van der Waals surface area (Å²) in [7, 11) is -13.7. The average molecular weight is 591 g/mol. The summed E-state index contributed by atoms with van der Waals surface area (Å²) in [5, 5.41) is 0. The highest BCUT2D eigenvalue weighted by molar-refractivity contribution is 8.04. The largest absolute Gasteiger partial charge is 0.417 e. The van der Waals surface area contributed by atoms with E-state index < -0.39 is 106 Å². The molecule has 2 aromatic carbocycles. The number of hydrogen-bond acceptors (Lipinski definition) is 4. The molecular weight excluding hydrogens is 588 g/mol. The highest BCUT2D eigenvalue weighted by atomic mass is 32.3. The Balaban J connectivity index is 2.96. The first-order valence-corrected chi connectivity index (χ1v) is 11.0. The summed E-state index contributed by atoms with van der Waals surface area (Å²) >= 11 is 0. The van der Waals surface area contributed by atoms with Crippen molar-refractivity contribution in [2.75, 3.05) is 0 Å². The second-order valence-corrected chi connectivity index (χ2v) is 9.88. The molecule has 0 amide bonds. The molecular formula is C15H3F14NO4S2. The second kappa shape index (κ2) is 8.71. The predicted molar refractivity (Wildman–Crippen MR) is 85.2 cm³/mol. The van der Waals surface area contributed by atoms with E-state index in [1.165, 1.54) is 0 Å². The van der Waals surface area contributed by atoms with Gasteiger partial charge >= 0.3 is 18.5 Å². The van der Waals surface area contributed by atoms with Gasteiger partial charge in [-0.25, -0.2) is 38.8 Å². The normalized spacial score (nSPS) is 13.8. The maximum atomic E-state index is 13.8. The zero-order valence-electron chi connectivity index (χ0n) is 15.9. The molecule has 36 heavy (non-hydrogen) atoms. The molecule has 0 atom stereocenters. The Kier molecular flexibility index (Phi) is 7.15. The van der Waals surface area contributed by atoms with Crippen molar-refractivity contribution in [3.05, 3.63) is 57.9 Å². The first-order chi connectivity index (χ1) is 15.8. The van der Waals surface area contributed by atoms with Crippen LogP contribution in [0.25, 0.3) is 0 Å². The van der Waals surface area contributed by atoms with Crippen LogP contribution in [-0.4, -0.2) is 16.8 Å². The van der Waals surface area contributed by atoms with Crippen LogP contribution in [0.2, 0.25) is 0 Å². The van der Waals surface area contributed by atoms with Gasteiger partial charge in [0.2, 0.25) is 5.82 Å². The van der Waals surface area contributed by atoms with Crippen molar-refractivity contribution >= 4 is 20.0 Å². The van der Waals surface area contributed by atoms with Crippen LogP contribution in [0.5, 0.6) is 0 Å². The Labute approximate surface area is 189 Å². The number of halogens is 14. The van der Waals surface area contributed by atoms with Crippen molar-refractivity contribution < 1.29 is 78.3 Å². The van der Waals surface area contributed by atoms with Gasteiger partial charge in [-0.05, 0) is 12.1 Å². The molecule has 5 nitrogen and oxygen atoms in total. The number of benzene rings is 2. The van der Waals surface area contributed by atoms with E-state index in [0.717, 1.165) is 0 Å². The van der Waals surface area contributed by atoms with Crippen molar-refractivity contribution in [2.45, 2.75) is 28.3 Å². The quantitative estimate of drug-likeness (QED) is 0.305. The Hall–Kier alpha value is -2.68. The van der Waals surface area contributed by atoms with Crippen LogP contribution in [0.3, 0.4) is 0 Å². The fraction of sp³-hybridized carbons (Fsp3) is 0.200. The lowest BCUT2D eigenvalue weighted by molar-refractivity contribution is -0.152. The molecule has 0 aromatic heterocycles. The molecule has 0 aliphatic carbocycles. The molecule has 0 unspecified atom stereocenters. The Morgan fingerprint density at radius 2 is 0.806 bits per heavy atom. The SMILES string of the molecule is O=S(=O)(NS(=O)(=O)c1c(F)c(F)c(F)c(F)c1F)c1c(C(F)(F)F)cc(C(F)(F)F)cc1C(F)(F)F. The third-order valence-corrected chi connectivity index (χ3v) is 7.58. The van der Waals surface area contributed by atoms with Gasteiger partial charge in [0.1, 0.15) is 4.90 Å². The molecule has 202 valence electrons. The van der Waals surface area contributed by atoms with Crippen LogP contribution in [0.15, 0.2) is 21.9 Å².